The summed E-state index contributed by atoms with van der Waals surface area (Å²) in [6, 6.07) is 7.03. The van der Waals surface area contributed by atoms with Crippen molar-refractivity contribution in [3.63, 3.8) is 0 Å². The minimum Gasteiger partial charge on any atom is -0.140 e. The second kappa shape index (κ2) is 4.03. The quantitative estimate of drug-likeness (QED) is 0.542. The molecular weight excluding hydrogens is 219 g/mol. The number of aryl methyl sites for hydroxylation is 1. The largest absolute Gasteiger partial charge is 0.280 e. The molecule has 0 aliphatic heterocycles. The average molecular weight is 233 g/mol. The van der Waals surface area contributed by atoms with Crippen LogP contribution in [0.5, 0.6) is 0 Å². The van der Waals surface area contributed by atoms with E-state index in [1.165, 1.54) is 16.3 Å². The zero-order valence-electron chi connectivity index (χ0n) is 8.20. The molecule has 1 aromatic rings. The molecule has 0 nitrogen and oxygen atoms in total. The Kier molecular flexibility index (Phi) is 3.44. The Balaban J connectivity index is 3.22. The predicted octanol–water partition coefficient (Wildman–Crippen LogP) is 3.45. The molecule has 13 heavy (non-hydrogen) atoms. The Morgan fingerprint density at radius 2 is 1.85 bits per heavy atom. The first-order valence-electron chi connectivity index (χ1n) is 4.43. The Labute approximate surface area is 90.3 Å². The summed E-state index contributed by atoms with van der Waals surface area (Å²) in [5.41, 5.74) is 2.52. The lowest BCUT2D eigenvalue weighted by Crippen LogP contribution is -2.37. The lowest BCUT2D eigenvalue weighted by atomic mass is 10.1. The van der Waals surface area contributed by atoms with Gasteiger partial charge in [-0.25, -0.2) is 0 Å². The molecule has 0 aliphatic carbocycles. The summed E-state index contributed by atoms with van der Waals surface area (Å²) in [6.45, 7) is 4.04. The van der Waals surface area contributed by atoms with Gasteiger partial charge in [0, 0.05) is 0 Å². The number of hydrogen-bond donors (Lipinski definition) is 0. The van der Waals surface area contributed by atoms with Crippen LogP contribution in [0.15, 0.2) is 18.2 Å². The van der Waals surface area contributed by atoms with Crippen molar-refractivity contribution in [2.24, 2.45) is 0 Å². The van der Waals surface area contributed by atoms with Crippen LogP contribution in [-0.2, 0) is 0 Å². The number of benzene rings is 1. The van der Waals surface area contributed by atoms with Crippen LogP contribution < -0.4 is 5.19 Å². The van der Waals surface area contributed by atoms with Crippen LogP contribution in [0.1, 0.15) is 18.1 Å². The smallest absolute Gasteiger partial charge is 0.140 e. The molecule has 0 saturated heterocycles. The molecule has 0 fully saturated rings. The molecule has 1 rings (SSSR count). The van der Waals surface area contributed by atoms with Gasteiger partial charge in [0.25, 0.3) is 6.69 Å². The third-order valence-electron chi connectivity index (χ3n) is 2.44. The number of rotatable bonds is 2. The lowest BCUT2D eigenvalue weighted by Gasteiger charge is -2.18. The Bertz CT molecular complexity index is 308. The highest BCUT2D eigenvalue weighted by Gasteiger charge is 2.30. The molecule has 0 radical (unpaired) electrons. The van der Waals surface area contributed by atoms with E-state index in [2.05, 4.69) is 26.0 Å². The molecule has 0 spiro atoms. The van der Waals surface area contributed by atoms with Crippen LogP contribution in [0.25, 0.3) is 0 Å². The maximum atomic E-state index is 6.33. The predicted molar refractivity (Wildman–Crippen MR) is 63.5 cm³/mol. The van der Waals surface area contributed by atoms with E-state index in [1.807, 2.05) is 13.0 Å². The lowest BCUT2D eigenvalue weighted by molar-refractivity contribution is 1.35. The summed E-state index contributed by atoms with van der Waals surface area (Å²) >= 11 is 12.7. The third-order valence-corrected chi connectivity index (χ3v) is 7.49. The molecule has 3 heteroatoms. The first kappa shape index (κ1) is 11.1. The van der Waals surface area contributed by atoms with E-state index in [-0.39, 0.29) is 0 Å². The Morgan fingerprint density at radius 3 is 2.38 bits per heavy atom. The van der Waals surface area contributed by atoms with Crippen LogP contribution in [0.3, 0.4) is 0 Å². The van der Waals surface area contributed by atoms with Gasteiger partial charge in [0.05, 0.1) is 0 Å². The van der Waals surface area contributed by atoms with Gasteiger partial charge in [-0.15, -0.1) is 22.2 Å². The Morgan fingerprint density at radius 1 is 1.23 bits per heavy atom. The molecule has 1 aromatic carbocycles. The van der Waals surface area contributed by atoms with Crippen molar-refractivity contribution in [2.75, 3.05) is 0 Å². The zero-order chi connectivity index (χ0) is 10.1. The molecule has 0 unspecified atom stereocenters. The molecule has 0 bridgehead atoms. The molecule has 0 amide bonds. The maximum Gasteiger partial charge on any atom is 0.280 e. The van der Waals surface area contributed by atoms with E-state index >= 15 is 0 Å². The normalized spacial score (nSPS) is 11.8. The summed E-state index contributed by atoms with van der Waals surface area (Å²) in [6.07, 6.45) is 0. The van der Waals surface area contributed by atoms with Gasteiger partial charge in [0.2, 0.25) is 0 Å². The molecule has 72 valence electrons. The zero-order valence-corrected chi connectivity index (χ0v) is 10.7. The molecular formula is C10H14Cl2Si. The minimum atomic E-state index is -2.18. The minimum absolute atomic E-state index is 0.862. The topological polar surface area (TPSA) is 0 Å². The maximum absolute atomic E-state index is 6.33. The van der Waals surface area contributed by atoms with Gasteiger partial charge >= 0.3 is 0 Å². The van der Waals surface area contributed by atoms with Gasteiger partial charge in [0.1, 0.15) is 0 Å². The van der Waals surface area contributed by atoms with E-state index in [1.54, 1.807) is 0 Å². The highest BCUT2D eigenvalue weighted by Crippen LogP contribution is 2.22. The van der Waals surface area contributed by atoms with Crippen LogP contribution in [-0.4, -0.2) is 6.69 Å². The van der Waals surface area contributed by atoms with Gasteiger partial charge in [-0.2, -0.15) is 0 Å². The van der Waals surface area contributed by atoms with Gasteiger partial charge in [0.15, 0.2) is 0 Å². The molecule has 0 atom stereocenters. The van der Waals surface area contributed by atoms with Crippen molar-refractivity contribution >= 4 is 34.0 Å². The first-order chi connectivity index (χ1) is 5.99. The molecule has 0 heterocycles. The fourth-order valence-corrected chi connectivity index (χ4v) is 4.03. The van der Waals surface area contributed by atoms with Crippen molar-refractivity contribution < 1.29 is 0 Å². The summed E-state index contributed by atoms with van der Waals surface area (Å²) in [5.74, 6) is 0. The van der Waals surface area contributed by atoms with E-state index in [0.717, 1.165) is 6.04 Å². The fraction of sp³-hybridized carbons (Fsp3) is 0.400. The van der Waals surface area contributed by atoms with E-state index in [9.17, 15) is 0 Å². The van der Waals surface area contributed by atoms with Crippen LogP contribution in [0, 0.1) is 13.8 Å². The van der Waals surface area contributed by atoms with E-state index in [4.69, 9.17) is 22.2 Å². The molecule has 0 aromatic heterocycles. The average Bonchev–Trinajstić information content (AvgIpc) is 2.09. The molecule has 0 N–H and O–H groups in total. The van der Waals surface area contributed by atoms with Gasteiger partial charge < -0.3 is 0 Å². The van der Waals surface area contributed by atoms with E-state index in [0.29, 0.717) is 0 Å². The summed E-state index contributed by atoms with van der Waals surface area (Å²) in [4.78, 5) is 0. The van der Waals surface area contributed by atoms with Crippen LogP contribution in [0.4, 0.5) is 0 Å². The Hall–Kier alpha value is 0.0169. The second-order valence-corrected chi connectivity index (χ2v) is 10.4. The van der Waals surface area contributed by atoms with Crippen molar-refractivity contribution in [1.29, 1.82) is 0 Å². The van der Waals surface area contributed by atoms with Crippen molar-refractivity contribution in [3.8, 4) is 0 Å². The highest BCUT2D eigenvalue weighted by atomic mass is 35.7. The van der Waals surface area contributed by atoms with Crippen molar-refractivity contribution in [2.45, 2.75) is 26.8 Å². The summed E-state index contributed by atoms with van der Waals surface area (Å²) < 4.78 is 0. The van der Waals surface area contributed by atoms with Crippen molar-refractivity contribution in [1.82, 2.24) is 0 Å². The molecule has 0 saturated carbocycles. The van der Waals surface area contributed by atoms with Gasteiger partial charge in [-0.3, -0.25) is 0 Å². The number of halogens is 2. The van der Waals surface area contributed by atoms with Crippen molar-refractivity contribution in [3.05, 3.63) is 29.3 Å². The molecule has 0 aliphatic rings. The first-order valence-corrected chi connectivity index (χ1v) is 8.66. The second-order valence-electron chi connectivity index (χ2n) is 3.31. The standard InChI is InChI=1S/C10H14Cl2Si/c1-4-13(11,12)10-7-5-6-8(2)9(10)3/h5-7H,4H2,1-3H3. The highest BCUT2D eigenvalue weighted by molar-refractivity contribution is 7.51. The summed E-state index contributed by atoms with van der Waals surface area (Å²) in [7, 11) is 0. The van der Waals surface area contributed by atoms with E-state index < -0.39 is 6.69 Å². The number of hydrogen-bond acceptors (Lipinski definition) is 0. The van der Waals surface area contributed by atoms with Gasteiger partial charge in [-0.05, 0) is 36.2 Å². The van der Waals surface area contributed by atoms with Crippen LogP contribution >= 0.6 is 22.2 Å². The fourth-order valence-electron chi connectivity index (χ4n) is 1.34. The third kappa shape index (κ3) is 2.28. The SMILES string of the molecule is CC[Si](Cl)(Cl)c1cccc(C)c1C. The van der Waals surface area contributed by atoms with Crippen LogP contribution in [0.2, 0.25) is 6.04 Å². The van der Waals surface area contributed by atoms with Gasteiger partial charge in [-0.1, -0.05) is 25.1 Å². The summed E-state index contributed by atoms with van der Waals surface area (Å²) in [5, 5.41) is 1.17. The monoisotopic (exact) mass is 232 g/mol.